The Bertz CT molecular complexity index is 922. The van der Waals surface area contributed by atoms with Crippen LogP contribution in [0.3, 0.4) is 0 Å². The van der Waals surface area contributed by atoms with Crippen LogP contribution in [-0.4, -0.2) is 45.6 Å². The Labute approximate surface area is 176 Å². The zero-order chi connectivity index (χ0) is 18.0. The number of pyridine rings is 1. The third-order valence-corrected chi connectivity index (χ3v) is 5.24. The summed E-state index contributed by atoms with van der Waals surface area (Å²) in [5.74, 6) is 1.80. The number of hydrogen-bond donors (Lipinski definition) is 1. The van der Waals surface area contributed by atoms with Crippen molar-refractivity contribution in [2.75, 3.05) is 20.1 Å². The van der Waals surface area contributed by atoms with Gasteiger partial charge < -0.3 is 10.2 Å². The molecule has 1 aliphatic heterocycles. The van der Waals surface area contributed by atoms with Crippen molar-refractivity contribution in [3.8, 4) is 0 Å². The summed E-state index contributed by atoms with van der Waals surface area (Å²) in [4.78, 5) is 6.81. The van der Waals surface area contributed by atoms with Gasteiger partial charge in [0.15, 0.2) is 17.4 Å². The minimum absolute atomic E-state index is 0. The number of likely N-dealkylation sites (tertiary alicyclic amines) is 1. The Kier molecular flexibility index (Phi) is 5.98. The first-order valence-corrected chi connectivity index (χ1v) is 8.99. The molecular formula is C20H25IN6. The van der Waals surface area contributed by atoms with E-state index in [4.69, 9.17) is 0 Å². The number of hydrogen-bond acceptors (Lipinski definition) is 3. The molecule has 0 aliphatic carbocycles. The normalized spacial score (nSPS) is 19.9. The quantitative estimate of drug-likeness (QED) is 0.359. The number of benzene rings is 1. The lowest BCUT2D eigenvalue weighted by Crippen LogP contribution is -2.41. The summed E-state index contributed by atoms with van der Waals surface area (Å²) in [6.07, 6.45) is 3.10. The molecule has 1 aromatic carbocycles. The van der Waals surface area contributed by atoms with Gasteiger partial charge in [0.2, 0.25) is 0 Å². The van der Waals surface area contributed by atoms with Crippen molar-refractivity contribution in [1.29, 1.82) is 0 Å². The molecule has 1 atom stereocenters. The number of nitrogens with zero attached hydrogens (tertiary/aromatic N) is 5. The summed E-state index contributed by atoms with van der Waals surface area (Å²) in [5.41, 5.74) is 2.40. The summed E-state index contributed by atoms with van der Waals surface area (Å²) < 4.78 is 2.00. The molecule has 0 bridgehead atoms. The van der Waals surface area contributed by atoms with Crippen molar-refractivity contribution >= 4 is 35.6 Å². The van der Waals surface area contributed by atoms with Gasteiger partial charge in [0.05, 0.1) is 6.54 Å². The molecular weight excluding hydrogens is 451 g/mol. The lowest BCUT2D eigenvalue weighted by Gasteiger charge is -2.27. The molecule has 1 unspecified atom stereocenters. The zero-order valence-electron chi connectivity index (χ0n) is 15.7. The van der Waals surface area contributed by atoms with Gasteiger partial charge in [-0.25, -0.2) is 0 Å². The average Bonchev–Trinajstić information content (AvgIpc) is 3.28. The summed E-state index contributed by atoms with van der Waals surface area (Å²) in [6, 6.07) is 16.7. The van der Waals surface area contributed by atoms with Crippen LogP contribution in [0.4, 0.5) is 0 Å². The first kappa shape index (κ1) is 19.6. The Morgan fingerprint density at radius 2 is 1.93 bits per heavy atom. The van der Waals surface area contributed by atoms with Crippen molar-refractivity contribution < 1.29 is 0 Å². The van der Waals surface area contributed by atoms with Gasteiger partial charge in [0.25, 0.3) is 0 Å². The molecule has 142 valence electrons. The monoisotopic (exact) mass is 476 g/mol. The van der Waals surface area contributed by atoms with Crippen LogP contribution in [-0.2, 0) is 12.0 Å². The maximum absolute atomic E-state index is 4.48. The van der Waals surface area contributed by atoms with E-state index < -0.39 is 0 Å². The highest BCUT2D eigenvalue weighted by Crippen LogP contribution is 2.33. The first-order valence-electron chi connectivity index (χ1n) is 8.99. The highest BCUT2D eigenvalue weighted by molar-refractivity contribution is 14.0. The van der Waals surface area contributed by atoms with E-state index in [-0.39, 0.29) is 29.4 Å². The third kappa shape index (κ3) is 3.92. The molecule has 6 nitrogen and oxygen atoms in total. The van der Waals surface area contributed by atoms with Gasteiger partial charge in [0.1, 0.15) is 0 Å². The molecule has 0 saturated carbocycles. The van der Waals surface area contributed by atoms with E-state index in [1.165, 1.54) is 5.56 Å². The van der Waals surface area contributed by atoms with Gasteiger partial charge in [-0.1, -0.05) is 43.3 Å². The molecule has 1 aliphatic rings. The maximum atomic E-state index is 4.48. The summed E-state index contributed by atoms with van der Waals surface area (Å²) >= 11 is 0. The van der Waals surface area contributed by atoms with E-state index in [9.17, 15) is 0 Å². The van der Waals surface area contributed by atoms with Crippen LogP contribution >= 0.6 is 24.0 Å². The number of aromatic nitrogens is 3. The van der Waals surface area contributed by atoms with Crippen LogP contribution in [0.25, 0.3) is 5.65 Å². The predicted molar refractivity (Wildman–Crippen MR) is 119 cm³/mol. The zero-order valence-corrected chi connectivity index (χ0v) is 18.0. The smallest absolute Gasteiger partial charge is 0.194 e. The molecule has 1 N–H and O–H groups in total. The van der Waals surface area contributed by atoms with Crippen LogP contribution in [0.1, 0.15) is 24.7 Å². The highest BCUT2D eigenvalue weighted by Gasteiger charge is 2.36. The summed E-state index contributed by atoms with van der Waals surface area (Å²) in [5, 5.41) is 11.9. The number of aliphatic imine (C=N–C) groups is 1. The number of rotatable bonds is 3. The van der Waals surface area contributed by atoms with Gasteiger partial charge in [0, 0.05) is 31.7 Å². The second-order valence-electron chi connectivity index (χ2n) is 7.04. The molecule has 0 amide bonds. The molecule has 1 fully saturated rings. The minimum atomic E-state index is 0. The van der Waals surface area contributed by atoms with Crippen molar-refractivity contribution in [1.82, 2.24) is 24.8 Å². The number of nitrogens with one attached hydrogen (secondary N) is 1. The second kappa shape index (κ2) is 8.24. The molecule has 4 rings (SSSR count). The lowest BCUT2D eigenvalue weighted by molar-refractivity contribution is 0.438. The first-order chi connectivity index (χ1) is 12.7. The largest absolute Gasteiger partial charge is 0.349 e. The molecule has 3 heterocycles. The molecule has 3 aromatic rings. The van der Waals surface area contributed by atoms with E-state index in [0.29, 0.717) is 6.54 Å². The van der Waals surface area contributed by atoms with Crippen LogP contribution in [0.15, 0.2) is 59.7 Å². The standard InChI is InChI=1S/C20H24N6.HI/c1-20(16-8-4-3-5-9-16)11-13-25(15-20)19(21-2)22-14-18-24-23-17-10-6-7-12-26(17)18;/h3-10,12H,11,13-15H2,1-2H3,(H,21,22);1H. The van der Waals surface area contributed by atoms with Gasteiger partial charge in [-0.3, -0.25) is 9.39 Å². The number of halogens is 1. The van der Waals surface area contributed by atoms with Gasteiger partial charge in [-0.2, -0.15) is 0 Å². The maximum Gasteiger partial charge on any atom is 0.194 e. The molecule has 27 heavy (non-hydrogen) atoms. The predicted octanol–water partition coefficient (Wildman–Crippen LogP) is 3.09. The SMILES string of the molecule is CN=C(NCc1nnc2ccccn12)N1CCC(C)(c2ccccc2)C1.I. The average molecular weight is 476 g/mol. The molecule has 0 radical (unpaired) electrons. The van der Waals surface area contributed by atoms with Crippen molar-refractivity contribution in [2.45, 2.75) is 25.3 Å². The summed E-state index contributed by atoms with van der Waals surface area (Å²) in [7, 11) is 1.84. The third-order valence-electron chi connectivity index (χ3n) is 5.24. The Morgan fingerprint density at radius 3 is 2.70 bits per heavy atom. The Hall–Kier alpha value is -2.16. The molecule has 1 saturated heterocycles. The van der Waals surface area contributed by atoms with Crippen LogP contribution in [0.5, 0.6) is 0 Å². The molecule has 2 aromatic heterocycles. The number of fused-ring (bicyclic) bond motifs is 1. The van der Waals surface area contributed by atoms with Gasteiger partial charge >= 0.3 is 0 Å². The van der Waals surface area contributed by atoms with Gasteiger partial charge in [-0.15, -0.1) is 34.2 Å². The Morgan fingerprint density at radius 1 is 1.15 bits per heavy atom. The fourth-order valence-corrected chi connectivity index (χ4v) is 3.72. The lowest BCUT2D eigenvalue weighted by atomic mass is 9.82. The van der Waals surface area contributed by atoms with E-state index in [1.54, 1.807) is 0 Å². The van der Waals surface area contributed by atoms with Crippen molar-refractivity contribution in [3.63, 3.8) is 0 Å². The minimum Gasteiger partial charge on any atom is -0.349 e. The topological polar surface area (TPSA) is 57.8 Å². The van der Waals surface area contributed by atoms with Crippen LogP contribution < -0.4 is 5.32 Å². The van der Waals surface area contributed by atoms with Crippen molar-refractivity contribution in [3.05, 3.63) is 66.1 Å². The molecule has 7 heteroatoms. The van der Waals surface area contributed by atoms with Crippen LogP contribution in [0.2, 0.25) is 0 Å². The highest BCUT2D eigenvalue weighted by atomic mass is 127. The molecule has 0 spiro atoms. The fraction of sp³-hybridized carbons (Fsp3) is 0.350. The van der Waals surface area contributed by atoms with E-state index in [0.717, 1.165) is 36.9 Å². The van der Waals surface area contributed by atoms with E-state index >= 15 is 0 Å². The summed E-state index contributed by atoms with van der Waals surface area (Å²) in [6.45, 7) is 4.88. The van der Waals surface area contributed by atoms with Crippen molar-refractivity contribution in [2.24, 2.45) is 4.99 Å². The number of guanidine groups is 1. The Balaban J connectivity index is 0.00000210. The van der Waals surface area contributed by atoms with Crippen LogP contribution in [0, 0.1) is 0 Å². The van der Waals surface area contributed by atoms with E-state index in [2.05, 4.69) is 62.7 Å². The second-order valence-corrected chi connectivity index (χ2v) is 7.04. The fourth-order valence-electron chi connectivity index (χ4n) is 3.72. The van der Waals surface area contributed by atoms with Gasteiger partial charge in [-0.05, 0) is 24.1 Å². The van der Waals surface area contributed by atoms with E-state index in [1.807, 2.05) is 35.8 Å².